The number of hydrogen-bond donors (Lipinski definition) is 2. The maximum absolute atomic E-state index is 12.0. The summed E-state index contributed by atoms with van der Waals surface area (Å²) in [6.45, 7) is 3.36. The van der Waals surface area contributed by atoms with Gasteiger partial charge in [-0.15, -0.1) is 0 Å². The Labute approximate surface area is 163 Å². The van der Waals surface area contributed by atoms with E-state index in [4.69, 9.17) is 9.47 Å². The average molecular weight is 378 g/mol. The molecule has 2 N–H and O–H groups in total. The molecule has 0 aliphatic carbocycles. The third-order valence-electron chi connectivity index (χ3n) is 4.12. The first-order valence-electron chi connectivity index (χ1n) is 8.95. The summed E-state index contributed by atoms with van der Waals surface area (Å²) in [5, 5.41) is 2.12. The van der Waals surface area contributed by atoms with Crippen LogP contribution in [0.2, 0.25) is 0 Å². The van der Waals surface area contributed by atoms with Crippen LogP contribution < -0.4 is 20.3 Å². The van der Waals surface area contributed by atoms with Crippen LogP contribution in [0.3, 0.4) is 0 Å². The highest BCUT2D eigenvalue weighted by Crippen LogP contribution is 2.20. The molecule has 0 fully saturated rings. The van der Waals surface area contributed by atoms with E-state index in [9.17, 15) is 9.59 Å². The van der Waals surface area contributed by atoms with E-state index in [0.29, 0.717) is 11.5 Å². The van der Waals surface area contributed by atoms with Crippen LogP contribution in [0.15, 0.2) is 66.7 Å². The number of aryl methyl sites for hydroxylation is 1. The van der Waals surface area contributed by atoms with Crippen LogP contribution in [-0.4, -0.2) is 24.5 Å². The SMILES string of the molecule is Cc1ccc(O[C@@H](C)C(=O)NNC(=O)COc2ccc3ccccc3c2)cc1. The van der Waals surface area contributed by atoms with Crippen LogP contribution in [-0.2, 0) is 9.59 Å². The maximum atomic E-state index is 12.0. The minimum atomic E-state index is -0.760. The van der Waals surface area contributed by atoms with E-state index in [-0.39, 0.29) is 6.61 Å². The van der Waals surface area contributed by atoms with Gasteiger partial charge in [0.1, 0.15) is 11.5 Å². The molecule has 0 aliphatic rings. The van der Waals surface area contributed by atoms with Gasteiger partial charge in [-0.25, -0.2) is 0 Å². The highest BCUT2D eigenvalue weighted by atomic mass is 16.5. The number of fused-ring (bicyclic) bond motifs is 1. The number of rotatable bonds is 6. The van der Waals surface area contributed by atoms with Crippen LogP contribution in [0.25, 0.3) is 10.8 Å². The van der Waals surface area contributed by atoms with E-state index in [2.05, 4.69) is 10.9 Å². The Kier molecular flexibility index (Phi) is 6.11. The molecule has 0 aliphatic heterocycles. The first-order valence-corrected chi connectivity index (χ1v) is 8.95. The van der Waals surface area contributed by atoms with Gasteiger partial charge in [0.25, 0.3) is 11.8 Å². The minimum Gasteiger partial charge on any atom is -0.484 e. The summed E-state index contributed by atoms with van der Waals surface area (Å²) in [6.07, 6.45) is -0.760. The van der Waals surface area contributed by atoms with Gasteiger partial charge < -0.3 is 9.47 Å². The molecule has 0 bridgehead atoms. The van der Waals surface area contributed by atoms with Crippen molar-refractivity contribution in [2.24, 2.45) is 0 Å². The monoisotopic (exact) mass is 378 g/mol. The van der Waals surface area contributed by atoms with Crippen molar-refractivity contribution in [3.8, 4) is 11.5 Å². The molecule has 6 heteroatoms. The van der Waals surface area contributed by atoms with Crippen LogP contribution >= 0.6 is 0 Å². The van der Waals surface area contributed by atoms with Crippen molar-refractivity contribution in [1.29, 1.82) is 0 Å². The summed E-state index contributed by atoms with van der Waals surface area (Å²) in [5.41, 5.74) is 5.76. The van der Waals surface area contributed by atoms with Gasteiger partial charge in [0.15, 0.2) is 12.7 Å². The number of hydrogen-bond acceptors (Lipinski definition) is 4. The van der Waals surface area contributed by atoms with Gasteiger partial charge in [-0.1, -0.05) is 48.0 Å². The zero-order valence-electron chi connectivity index (χ0n) is 15.8. The second-order valence-corrected chi connectivity index (χ2v) is 6.41. The lowest BCUT2D eigenvalue weighted by atomic mass is 10.1. The lowest BCUT2D eigenvalue weighted by molar-refractivity contribution is -0.133. The van der Waals surface area contributed by atoms with Crippen LogP contribution in [0.1, 0.15) is 12.5 Å². The van der Waals surface area contributed by atoms with Gasteiger partial charge in [0, 0.05) is 0 Å². The first-order chi connectivity index (χ1) is 13.5. The quantitative estimate of drug-likeness (QED) is 0.646. The average Bonchev–Trinajstić information content (AvgIpc) is 2.71. The van der Waals surface area contributed by atoms with Crippen molar-refractivity contribution in [3.63, 3.8) is 0 Å². The zero-order chi connectivity index (χ0) is 19.9. The molecule has 6 nitrogen and oxygen atoms in total. The molecule has 2 amide bonds. The molecule has 3 aromatic carbocycles. The first kappa shape index (κ1) is 19.2. The van der Waals surface area contributed by atoms with E-state index in [1.54, 1.807) is 25.1 Å². The number of carbonyl (C=O) groups is 2. The highest BCUT2D eigenvalue weighted by Gasteiger charge is 2.15. The molecule has 144 valence electrons. The van der Waals surface area contributed by atoms with Crippen molar-refractivity contribution < 1.29 is 19.1 Å². The van der Waals surface area contributed by atoms with Crippen molar-refractivity contribution in [2.45, 2.75) is 20.0 Å². The van der Waals surface area contributed by atoms with Gasteiger partial charge in [-0.05, 0) is 48.9 Å². The molecule has 0 heterocycles. The van der Waals surface area contributed by atoms with Crippen molar-refractivity contribution >= 4 is 22.6 Å². The molecule has 0 saturated carbocycles. The standard InChI is InChI=1S/C22H22N2O4/c1-15-7-10-19(11-8-15)28-16(2)22(26)24-23-21(25)14-27-20-12-9-17-5-3-4-6-18(17)13-20/h3-13,16H,14H2,1-2H3,(H,23,25)(H,24,26)/t16-/m0/s1. The summed E-state index contributed by atoms with van der Waals surface area (Å²) < 4.78 is 11.0. The smallest absolute Gasteiger partial charge is 0.279 e. The fourth-order valence-corrected chi connectivity index (χ4v) is 2.55. The van der Waals surface area contributed by atoms with E-state index in [0.717, 1.165) is 16.3 Å². The molecule has 0 aromatic heterocycles. The lowest BCUT2D eigenvalue weighted by Gasteiger charge is -2.15. The van der Waals surface area contributed by atoms with Crippen molar-refractivity contribution in [3.05, 3.63) is 72.3 Å². The van der Waals surface area contributed by atoms with Crippen molar-refractivity contribution in [2.75, 3.05) is 6.61 Å². The molecule has 3 aromatic rings. The number of nitrogens with one attached hydrogen (secondary N) is 2. The van der Waals surface area contributed by atoms with Crippen molar-refractivity contribution in [1.82, 2.24) is 10.9 Å². The number of amides is 2. The van der Waals surface area contributed by atoms with Crippen LogP contribution in [0, 0.1) is 6.92 Å². The van der Waals surface area contributed by atoms with Gasteiger partial charge in [0.2, 0.25) is 0 Å². The second-order valence-electron chi connectivity index (χ2n) is 6.41. The Morgan fingerprint density at radius 1 is 0.893 bits per heavy atom. The molecule has 28 heavy (non-hydrogen) atoms. The molecule has 0 radical (unpaired) electrons. The summed E-state index contributed by atoms with van der Waals surface area (Å²) in [5.74, 6) is 0.235. The highest BCUT2D eigenvalue weighted by molar-refractivity contribution is 5.86. The summed E-state index contributed by atoms with van der Waals surface area (Å²) in [7, 11) is 0. The van der Waals surface area contributed by atoms with Crippen LogP contribution in [0.5, 0.6) is 11.5 Å². The van der Waals surface area contributed by atoms with E-state index in [1.165, 1.54) is 0 Å². The fraction of sp³-hybridized carbons (Fsp3) is 0.182. The number of hydrazine groups is 1. The molecule has 0 unspecified atom stereocenters. The summed E-state index contributed by atoms with van der Waals surface area (Å²) >= 11 is 0. The second kappa shape index (κ2) is 8.90. The Morgan fingerprint density at radius 3 is 2.32 bits per heavy atom. The lowest BCUT2D eigenvalue weighted by Crippen LogP contribution is -2.48. The third kappa shape index (κ3) is 5.23. The molecule has 3 rings (SSSR count). The predicted molar refractivity (Wildman–Crippen MR) is 107 cm³/mol. The largest absolute Gasteiger partial charge is 0.484 e. The summed E-state index contributed by atoms with van der Waals surface area (Å²) in [6, 6.07) is 20.8. The van der Waals surface area contributed by atoms with Gasteiger partial charge >= 0.3 is 0 Å². The Bertz CT molecular complexity index is 970. The van der Waals surface area contributed by atoms with Gasteiger partial charge in [-0.3, -0.25) is 20.4 Å². The fourth-order valence-electron chi connectivity index (χ4n) is 2.55. The molecule has 0 spiro atoms. The Balaban J connectivity index is 1.43. The van der Waals surface area contributed by atoms with E-state index in [1.807, 2.05) is 55.5 Å². The number of carbonyl (C=O) groups excluding carboxylic acids is 2. The molecule has 0 saturated heterocycles. The van der Waals surface area contributed by atoms with E-state index < -0.39 is 17.9 Å². The maximum Gasteiger partial charge on any atom is 0.279 e. The van der Waals surface area contributed by atoms with Gasteiger partial charge in [-0.2, -0.15) is 0 Å². The summed E-state index contributed by atoms with van der Waals surface area (Å²) in [4.78, 5) is 24.0. The predicted octanol–water partition coefficient (Wildman–Crippen LogP) is 3.14. The van der Waals surface area contributed by atoms with Crippen LogP contribution in [0.4, 0.5) is 0 Å². The minimum absolute atomic E-state index is 0.216. The molecular formula is C22H22N2O4. The Morgan fingerprint density at radius 2 is 1.57 bits per heavy atom. The topological polar surface area (TPSA) is 76.7 Å². The molecular weight excluding hydrogens is 356 g/mol. The van der Waals surface area contributed by atoms with E-state index >= 15 is 0 Å². The van der Waals surface area contributed by atoms with Gasteiger partial charge in [0.05, 0.1) is 0 Å². The number of benzene rings is 3. The third-order valence-corrected chi connectivity index (χ3v) is 4.12. The normalized spacial score (nSPS) is 11.5. The Hall–Kier alpha value is -3.54. The zero-order valence-corrected chi connectivity index (χ0v) is 15.8. The molecule has 1 atom stereocenters. The number of ether oxygens (including phenoxy) is 2.